The lowest BCUT2D eigenvalue weighted by Gasteiger charge is -2.48. The summed E-state index contributed by atoms with van der Waals surface area (Å²) in [6.45, 7) is 5.10. The van der Waals surface area contributed by atoms with E-state index in [0.717, 1.165) is 36.8 Å². The molecular weight excluding hydrogens is 773 g/mol. The van der Waals surface area contributed by atoms with Gasteiger partial charge < -0.3 is 39.6 Å². The molecule has 3 heterocycles. The highest BCUT2D eigenvalue weighted by Crippen LogP contribution is 2.63. The van der Waals surface area contributed by atoms with Gasteiger partial charge >= 0.3 is 11.9 Å². The summed E-state index contributed by atoms with van der Waals surface area (Å²) in [6.07, 6.45) is 4.65. The van der Waals surface area contributed by atoms with Crippen LogP contribution in [0.1, 0.15) is 92.8 Å². The summed E-state index contributed by atoms with van der Waals surface area (Å²) in [5.74, 6) is -2.37. The Kier molecular flexibility index (Phi) is 11.4. The maximum Gasteiger partial charge on any atom is 0.327 e. The Bertz CT molecular complexity index is 2030. The van der Waals surface area contributed by atoms with Gasteiger partial charge in [0.2, 0.25) is 11.8 Å². The van der Waals surface area contributed by atoms with Gasteiger partial charge in [-0.2, -0.15) is 5.06 Å². The number of fused-ring (bicyclic) bond motifs is 4. The summed E-state index contributed by atoms with van der Waals surface area (Å²) >= 11 is 0. The van der Waals surface area contributed by atoms with Gasteiger partial charge in [-0.3, -0.25) is 28.8 Å². The number of benzene rings is 2. The van der Waals surface area contributed by atoms with Gasteiger partial charge in [-0.15, -0.1) is 0 Å². The minimum atomic E-state index is -1.41. The molecule has 2 bridgehead atoms. The minimum Gasteiger partial charge on any atom is -0.460 e. The number of nitrogens with one attached hydrogen (secondary N) is 2. The average Bonchev–Trinajstić information content (AvgIpc) is 4.16. The zero-order chi connectivity index (χ0) is 42.6. The van der Waals surface area contributed by atoms with Crippen LogP contribution >= 0.6 is 0 Å². The van der Waals surface area contributed by atoms with Crippen LogP contribution in [0.4, 0.5) is 0 Å². The van der Waals surface area contributed by atoms with Crippen LogP contribution in [0.25, 0.3) is 6.08 Å². The lowest BCUT2D eigenvalue weighted by atomic mass is 9.62. The van der Waals surface area contributed by atoms with Gasteiger partial charge in [-0.05, 0) is 87.8 Å². The van der Waals surface area contributed by atoms with Crippen LogP contribution < -0.4 is 10.6 Å². The topological polar surface area (TPSA) is 182 Å². The molecule has 0 unspecified atom stereocenters. The number of hydroxylamine groups is 2. The standard InChI is InChI=1S/C45H56N4O11/c1-43(2,3)57-35(52)20-18-32(25-50)47-40(53)28-12-8-9-26(21-28)23-46-42(55)44-22-33-36-37(59-45(58-36,30-14-15-30)31-16-17-31)39(44)60-49(38(44)41(54)56-33)24-29-11-7-6-10-27(29)13-19-34(51)48(4)5/h6-13,19,21,30-33,36-39,50H,14-18,20,22-25H2,1-5H3,(H,46,55)(H,47,53)/t32-,33+,36-,37-,38-,39+,44-/m0/s1. The van der Waals surface area contributed by atoms with Crippen molar-refractivity contribution in [2.75, 3.05) is 20.7 Å². The lowest BCUT2D eigenvalue weighted by Crippen LogP contribution is -2.69. The van der Waals surface area contributed by atoms with E-state index in [9.17, 15) is 29.1 Å². The number of carbonyl (C=O) groups is 5. The van der Waals surface area contributed by atoms with E-state index >= 15 is 0 Å². The van der Waals surface area contributed by atoms with Crippen LogP contribution in [-0.2, 0) is 56.1 Å². The second kappa shape index (κ2) is 16.3. The van der Waals surface area contributed by atoms with Crippen LogP contribution in [0.15, 0.2) is 54.6 Å². The van der Waals surface area contributed by atoms with Crippen molar-refractivity contribution in [3.63, 3.8) is 0 Å². The predicted molar refractivity (Wildman–Crippen MR) is 215 cm³/mol. The monoisotopic (exact) mass is 828 g/mol. The van der Waals surface area contributed by atoms with E-state index in [1.54, 1.807) is 70.3 Å². The Balaban J connectivity index is 1.03. The second-order valence-corrected chi connectivity index (χ2v) is 18.3. The molecule has 3 aliphatic heterocycles. The van der Waals surface area contributed by atoms with Crippen LogP contribution in [-0.4, -0.2) is 113 Å². The molecule has 3 aliphatic carbocycles. The highest BCUT2D eigenvalue weighted by molar-refractivity contribution is 5.95. The minimum absolute atomic E-state index is 0.0242. The highest BCUT2D eigenvalue weighted by atomic mass is 16.8. The molecular formula is C45H56N4O11. The molecule has 3 amide bonds. The molecule has 3 saturated carbocycles. The number of carbonyl (C=O) groups excluding carboxylic acids is 5. The smallest absolute Gasteiger partial charge is 0.327 e. The van der Waals surface area contributed by atoms with Crippen molar-refractivity contribution in [2.24, 2.45) is 17.3 Å². The molecule has 2 aromatic carbocycles. The van der Waals surface area contributed by atoms with Crippen LogP contribution in [0.3, 0.4) is 0 Å². The molecule has 15 heteroatoms. The van der Waals surface area contributed by atoms with Gasteiger partial charge in [0.25, 0.3) is 5.91 Å². The molecule has 60 heavy (non-hydrogen) atoms. The number of hydrogen-bond donors (Lipinski definition) is 3. The third-order valence-corrected chi connectivity index (χ3v) is 12.4. The van der Waals surface area contributed by atoms with Crippen molar-refractivity contribution in [1.29, 1.82) is 0 Å². The number of amides is 3. The number of ether oxygens (including phenoxy) is 4. The lowest BCUT2D eigenvalue weighted by molar-refractivity contribution is -0.235. The number of nitrogens with zero attached hydrogens (tertiary/aromatic N) is 2. The van der Waals surface area contributed by atoms with Gasteiger partial charge in [0.15, 0.2) is 11.8 Å². The number of aliphatic hydroxyl groups excluding tert-OH is 1. The van der Waals surface area contributed by atoms with Gasteiger partial charge in [-0.1, -0.05) is 36.4 Å². The largest absolute Gasteiger partial charge is 0.460 e. The van der Waals surface area contributed by atoms with E-state index in [0.29, 0.717) is 11.1 Å². The molecule has 0 aromatic heterocycles. The van der Waals surface area contributed by atoms with Gasteiger partial charge in [-0.25, -0.2) is 0 Å². The van der Waals surface area contributed by atoms with Crippen molar-refractivity contribution in [3.8, 4) is 0 Å². The highest BCUT2D eigenvalue weighted by Gasteiger charge is 2.78. The van der Waals surface area contributed by atoms with Crippen LogP contribution in [0.5, 0.6) is 0 Å². The van der Waals surface area contributed by atoms with Crippen LogP contribution in [0, 0.1) is 17.3 Å². The van der Waals surface area contributed by atoms with Crippen LogP contribution in [0.2, 0.25) is 0 Å². The molecule has 322 valence electrons. The molecule has 2 aromatic rings. The SMILES string of the molecule is CN(C)C(=O)C=Cc1ccccc1CN1O[C@@H]2[C@H]3OC(C4CC4)(C4CC4)O[C@H]3[C@H]3C[C@]2(C(=O)NCc2cccc(C(=O)N[C@H](CO)CCC(=O)OC(C)(C)C)c2)[C@@H]1C(=O)O3. The first-order valence-corrected chi connectivity index (χ1v) is 21.1. The summed E-state index contributed by atoms with van der Waals surface area (Å²) in [5, 5.41) is 17.4. The molecule has 15 nitrogen and oxygen atoms in total. The van der Waals surface area contributed by atoms with E-state index in [1.807, 2.05) is 24.3 Å². The normalized spacial score (nSPS) is 28.4. The molecule has 6 aliphatic rings. The zero-order valence-electron chi connectivity index (χ0n) is 34.9. The van der Waals surface area contributed by atoms with Crippen molar-refractivity contribution in [3.05, 3.63) is 76.9 Å². The third-order valence-electron chi connectivity index (χ3n) is 12.4. The fourth-order valence-corrected chi connectivity index (χ4v) is 9.32. The van der Waals surface area contributed by atoms with Gasteiger partial charge in [0.05, 0.1) is 19.2 Å². The van der Waals surface area contributed by atoms with Crippen molar-refractivity contribution < 1.29 is 52.9 Å². The summed E-state index contributed by atoms with van der Waals surface area (Å²) in [7, 11) is 3.35. The van der Waals surface area contributed by atoms with E-state index in [1.165, 1.54) is 11.0 Å². The number of esters is 2. The summed E-state index contributed by atoms with van der Waals surface area (Å²) < 4.78 is 25.4. The average molecular weight is 829 g/mol. The Labute approximate surface area is 350 Å². The van der Waals surface area contributed by atoms with Gasteiger partial charge in [0, 0.05) is 57.0 Å². The zero-order valence-corrected chi connectivity index (χ0v) is 34.9. The first-order chi connectivity index (χ1) is 28.6. The first kappa shape index (κ1) is 42.0. The second-order valence-electron chi connectivity index (χ2n) is 18.3. The molecule has 3 N–H and O–H groups in total. The van der Waals surface area contributed by atoms with Crippen molar-refractivity contribution in [1.82, 2.24) is 20.6 Å². The van der Waals surface area contributed by atoms with E-state index in [2.05, 4.69) is 10.6 Å². The van der Waals surface area contributed by atoms with Crippen molar-refractivity contribution in [2.45, 2.75) is 127 Å². The van der Waals surface area contributed by atoms with Gasteiger partial charge in [0.1, 0.15) is 35.4 Å². The Morgan fingerprint density at radius 1 is 1.02 bits per heavy atom. The molecule has 0 spiro atoms. The maximum absolute atomic E-state index is 15.0. The molecule has 6 fully saturated rings. The quantitative estimate of drug-likeness (QED) is 0.176. The van der Waals surface area contributed by atoms with E-state index in [-0.39, 0.29) is 56.7 Å². The summed E-state index contributed by atoms with van der Waals surface area (Å²) in [6, 6.07) is 12.5. The van der Waals surface area contributed by atoms with Crippen molar-refractivity contribution >= 4 is 35.7 Å². The predicted octanol–water partition coefficient (Wildman–Crippen LogP) is 3.42. The third kappa shape index (κ3) is 8.22. The Morgan fingerprint density at radius 2 is 1.73 bits per heavy atom. The summed E-state index contributed by atoms with van der Waals surface area (Å²) in [5.41, 5.74) is 0.414. The fraction of sp³-hybridized carbons (Fsp3) is 0.578. The molecule has 7 atom stereocenters. The maximum atomic E-state index is 15.0. The van der Waals surface area contributed by atoms with E-state index in [4.69, 9.17) is 23.8 Å². The van der Waals surface area contributed by atoms with E-state index < -0.39 is 77.1 Å². The molecule has 0 radical (unpaired) electrons. The fourth-order valence-electron chi connectivity index (χ4n) is 9.32. The first-order valence-electron chi connectivity index (χ1n) is 21.1. The number of likely N-dealkylation sites (N-methyl/N-ethyl adjacent to an activating group) is 1. The Hall–Kier alpha value is -4.67. The molecule has 8 rings (SSSR count). The Morgan fingerprint density at radius 3 is 2.42 bits per heavy atom. The number of hydrogen-bond acceptors (Lipinski definition) is 12. The number of rotatable bonds is 15. The molecule has 3 saturated heterocycles. The number of aliphatic hydroxyl groups is 1. The summed E-state index contributed by atoms with van der Waals surface area (Å²) in [4.78, 5) is 75.5.